The number of carbonyl (C=O) groups is 1. The maximum Gasteiger partial charge on any atom is 0.408 e. The van der Waals surface area contributed by atoms with Gasteiger partial charge in [0.15, 0.2) is 0 Å². The summed E-state index contributed by atoms with van der Waals surface area (Å²) in [5.41, 5.74) is -0.983. The van der Waals surface area contributed by atoms with Gasteiger partial charge in [0.1, 0.15) is 24.2 Å². The van der Waals surface area contributed by atoms with Gasteiger partial charge in [-0.25, -0.2) is 9.59 Å². The fourth-order valence-corrected chi connectivity index (χ4v) is 2.45. The molecule has 2 rings (SSSR count). The first-order valence-corrected chi connectivity index (χ1v) is 9.14. The van der Waals surface area contributed by atoms with E-state index in [0.29, 0.717) is 5.75 Å². The molecule has 1 N–H and O–H groups in total. The van der Waals surface area contributed by atoms with E-state index in [1.807, 2.05) is 0 Å². The topological polar surface area (TPSA) is 101 Å². The highest BCUT2D eigenvalue weighted by Crippen LogP contribution is 2.11. The van der Waals surface area contributed by atoms with Crippen LogP contribution in [0.15, 0.2) is 39.9 Å². The fraction of sp³-hybridized carbons (Fsp3) is 0.381. The Morgan fingerprint density at radius 3 is 2.37 bits per heavy atom. The quantitative estimate of drug-likeness (QED) is 0.732. The third-order valence-corrected chi connectivity index (χ3v) is 3.77. The van der Waals surface area contributed by atoms with Crippen molar-refractivity contribution in [1.29, 1.82) is 0 Å². The van der Waals surface area contributed by atoms with Crippen LogP contribution in [-0.2, 0) is 11.3 Å². The van der Waals surface area contributed by atoms with Gasteiger partial charge in [-0.05, 0) is 44.4 Å². The van der Waals surface area contributed by atoms with E-state index in [1.165, 1.54) is 13.2 Å². The summed E-state index contributed by atoms with van der Waals surface area (Å²) < 4.78 is 12.2. The maximum absolute atomic E-state index is 12.7. The molecular weight excluding hydrogens is 390 g/mol. The lowest BCUT2D eigenvalue weighted by Crippen LogP contribution is -2.42. The molecule has 0 saturated heterocycles. The molecule has 1 aromatic carbocycles. The summed E-state index contributed by atoms with van der Waals surface area (Å²) >= 11 is 0. The molecule has 9 heteroatoms. The number of carbonyl (C=O) groups excluding carboxylic acids is 1. The summed E-state index contributed by atoms with van der Waals surface area (Å²) in [6.45, 7) is 5.28. The van der Waals surface area contributed by atoms with Gasteiger partial charge in [0.05, 0.1) is 20.2 Å². The minimum absolute atomic E-state index is 0.0260. The summed E-state index contributed by atoms with van der Waals surface area (Å²) in [5.74, 6) is 6.00. The van der Waals surface area contributed by atoms with Gasteiger partial charge in [0.25, 0.3) is 5.56 Å². The minimum Gasteiger partial charge on any atom is -0.497 e. The second kappa shape index (κ2) is 9.69. The van der Waals surface area contributed by atoms with Crippen LogP contribution >= 0.6 is 0 Å². The fourth-order valence-electron chi connectivity index (χ4n) is 2.45. The number of hydrogen-bond acceptors (Lipinski definition) is 6. The van der Waals surface area contributed by atoms with Crippen LogP contribution in [0, 0.1) is 11.8 Å². The molecule has 160 valence electrons. The van der Waals surface area contributed by atoms with Crippen molar-refractivity contribution < 1.29 is 19.1 Å². The largest absolute Gasteiger partial charge is 0.497 e. The number of hydrogen-bond donors (Lipinski definition) is 1. The van der Waals surface area contributed by atoms with Crippen molar-refractivity contribution >= 4 is 6.09 Å². The Hall–Kier alpha value is -3.67. The Balaban J connectivity index is 2.20. The molecule has 0 bridgehead atoms. The van der Waals surface area contributed by atoms with Crippen LogP contribution < -0.4 is 26.1 Å². The smallest absolute Gasteiger partial charge is 0.408 e. The van der Waals surface area contributed by atoms with E-state index >= 15 is 0 Å². The van der Waals surface area contributed by atoms with Gasteiger partial charge in [-0.15, -0.1) is 4.73 Å². The molecule has 1 heterocycles. The molecule has 2 aromatic rings. The molecule has 0 saturated carbocycles. The summed E-state index contributed by atoms with van der Waals surface area (Å²) in [6.07, 6.45) is -0.615. The number of rotatable bonds is 5. The van der Waals surface area contributed by atoms with Crippen molar-refractivity contribution in [2.24, 2.45) is 0 Å². The molecule has 0 aliphatic carbocycles. The molecule has 0 unspecified atom stereocenters. The third kappa shape index (κ3) is 6.17. The van der Waals surface area contributed by atoms with Crippen molar-refractivity contribution in [2.45, 2.75) is 32.9 Å². The third-order valence-electron chi connectivity index (χ3n) is 3.77. The van der Waals surface area contributed by atoms with E-state index in [-0.39, 0.29) is 18.8 Å². The normalized spacial score (nSPS) is 10.6. The molecular formula is C21H25N3O6. The second-order valence-electron chi connectivity index (χ2n) is 7.22. The van der Waals surface area contributed by atoms with E-state index in [9.17, 15) is 14.4 Å². The van der Waals surface area contributed by atoms with Crippen molar-refractivity contribution in [3.8, 4) is 17.6 Å². The summed E-state index contributed by atoms with van der Waals surface area (Å²) in [5, 5.41) is 2.47. The molecule has 1 amide bonds. The summed E-state index contributed by atoms with van der Waals surface area (Å²) in [4.78, 5) is 41.9. The van der Waals surface area contributed by atoms with Gasteiger partial charge in [0.2, 0.25) is 0 Å². The number of nitrogens with zero attached hydrogens (tertiary/aromatic N) is 2. The predicted octanol–water partition coefficient (Wildman–Crippen LogP) is 1.00. The Kier molecular flexibility index (Phi) is 7.31. The van der Waals surface area contributed by atoms with Gasteiger partial charge < -0.3 is 19.6 Å². The number of ether oxygens (including phenoxy) is 2. The Bertz CT molecular complexity index is 1070. The highest BCUT2D eigenvalue weighted by Gasteiger charge is 2.15. The molecule has 30 heavy (non-hydrogen) atoms. The molecule has 0 radical (unpaired) electrons. The van der Waals surface area contributed by atoms with Gasteiger partial charge in [-0.1, -0.05) is 18.1 Å². The lowest BCUT2D eigenvalue weighted by molar-refractivity contribution is 0.0535. The Morgan fingerprint density at radius 2 is 1.80 bits per heavy atom. The summed E-state index contributed by atoms with van der Waals surface area (Å²) in [6, 6.07) is 8.21. The minimum atomic E-state index is -0.662. The number of amides is 1. The van der Waals surface area contributed by atoms with Crippen molar-refractivity contribution in [2.75, 3.05) is 20.8 Å². The van der Waals surface area contributed by atoms with Gasteiger partial charge in [-0.2, -0.15) is 0 Å². The van der Waals surface area contributed by atoms with Crippen LogP contribution in [0.2, 0.25) is 0 Å². The molecule has 9 nitrogen and oxygen atoms in total. The average molecular weight is 415 g/mol. The average Bonchev–Trinajstić information content (AvgIpc) is 2.67. The first-order chi connectivity index (χ1) is 14.1. The first kappa shape index (κ1) is 22.6. The second-order valence-corrected chi connectivity index (χ2v) is 7.22. The zero-order valence-electron chi connectivity index (χ0n) is 17.6. The Morgan fingerprint density at radius 1 is 1.13 bits per heavy atom. The van der Waals surface area contributed by atoms with Gasteiger partial charge >= 0.3 is 11.8 Å². The van der Waals surface area contributed by atoms with E-state index in [1.54, 1.807) is 52.1 Å². The SMILES string of the molecule is COc1ccc(Cn2c(=O)cc(C#CCNC(=O)OC(C)(C)C)n(OC)c2=O)cc1. The molecule has 0 aliphatic rings. The van der Waals surface area contributed by atoms with Crippen LogP contribution in [0.25, 0.3) is 0 Å². The summed E-state index contributed by atoms with van der Waals surface area (Å²) in [7, 11) is 2.85. The molecule has 0 aliphatic heterocycles. The van der Waals surface area contributed by atoms with E-state index in [4.69, 9.17) is 14.3 Å². The lowest BCUT2D eigenvalue weighted by atomic mass is 10.2. The van der Waals surface area contributed by atoms with Crippen molar-refractivity contribution in [3.05, 3.63) is 62.4 Å². The van der Waals surface area contributed by atoms with E-state index in [2.05, 4.69) is 17.2 Å². The zero-order chi connectivity index (χ0) is 22.3. The number of methoxy groups -OCH3 is 1. The maximum atomic E-state index is 12.7. The van der Waals surface area contributed by atoms with Crippen molar-refractivity contribution in [3.63, 3.8) is 0 Å². The van der Waals surface area contributed by atoms with Crippen LogP contribution in [-0.4, -0.2) is 41.8 Å². The highest BCUT2D eigenvalue weighted by atomic mass is 16.7. The molecule has 0 atom stereocenters. The van der Waals surface area contributed by atoms with Gasteiger partial charge in [-0.3, -0.25) is 9.36 Å². The lowest BCUT2D eigenvalue weighted by Gasteiger charge is -2.19. The number of nitrogens with one attached hydrogen (secondary N) is 1. The van der Waals surface area contributed by atoms with Crippen LogP contribution in [0.1, 0.15) is 32.0 Å². The standard InChI is InChI=1S/C21H25N3O6/c1-21(2,3)30-19(26)22-12-6-7-16-13-18(25)23(20(27)24(16)29-5)14-15-8-10-17(28-4)11-9-15/h8-11,13H,12,14H2,1-5H3,(H,22,26). The number of alkyl carbamates (subject to hydrolysis) is 1. The van der Waals surface area contributed by atoms with E-state index in [0.717, 1.165) is 14.9 Å². The van der Waals surface area contributed by atoms with Gasteiger partial charge in [0, 0.05) is 6.07 Å². The molecule has 0 spiro atoms. The highest BCUT2D eigenvalue weighted by molar-refractivity contribution is 5.68. The van der Waals surface area contributed by atoms with Crippen LogP contribution in [0.4, 0.5) is 4.79 Å². The predicted molar refractivity (Wildman–Crippen MR) is 111 cm³/mol. The monoisotopic (exact) mass is 415 g/mol. The molecule has 1 aromatic heterocycles. The van der Waals surface area contributed by atoms with Crippen LogP contribution in [0.5, 0.6) is 5.75 Å². The van der Waals surface area contributed by atoms with E-state index < -0.39 is 22.9 Å². The van der Waals surface area contributed by atoms with Crippen molar-refractivity contribution in [1.82, 2.24) is 14.6 Å². The first-order valence-electron chi connectivity index (χ1n) is 9.14. The van der Waals surface area contributed by atoms with Crippen LogP contribution in [0.3, 0.4) is 0 Å². The Labute approximate surface area is 174 Å². The molecule has 0 fully saturated rings. The number of benzene rings is 1. The zero-order valence-corrected chi connectivity index (χ0v) is 17.6. The number of aromatic nitrogens is 2.